The van der Waals surface area contributed by atoms with E-state index >= 15 is 0 Å². The van der Waals surface area contributed by atoms with E-state index in [9.17, 15) is 10.1 Å². The highest BCUT2D eigenvalue weighted by Crippen LogP contribution is 2.36. The molecule has 1 N–H and O–H groups in total. The zero-order valence-corrected chi connectivity index (χ0v) is 19.9. The molecule has 1 atom stereocenters. The van der Waals surface area contributed by atoms with E-state index in [0.717, 1.165) is 31.2 Å². The Morgan fingerprint density at radius 2 is 1.88 bits per heavy atom. The van der Waals surface area contributed by atoms with Gasteiger partial charge in [-0.3, -0.25) is 4.79 Å². The number of nitrogens with zero attached hydrogens (tertiary/aromatic N) is 4. The molecule has 0 aliphatic heterocycles. The van der Waals surface area contributed by atoms with Crippen molar-refractivity contribution < 1.29 is 4.79 Å². The first kappa shape index (κ1) is 23.0. The molecule has 0 aliphatic carbocycles. The van der Waals surface area contributed by atoms with E-state index < -0.39 is 5.91 Å². The number of amides is 1. The smallest absolute Gasteiger partial charge is 0.258 e. The van der Waals surface area contributed by atoms with Crippen LogP contribution in [0.1, 0.15) is 61.5 Å². The van der Waals surface area contributed by atoms with Crippen molar-refractivity contribution in [1.29, 1.82) is 5.26 Å². The van der Waals surface area contributed by atoms with Crippen LogP contribution in [0.15, 0.2) is 42.5 Å². The Bertz CT molecular complexity index is 1390. The summed E-state index contributed by atoms with van der Waals surface area (Å²) in [5.41, 5.74) is 3.05. The summed E-state index contributed by atoms with van der Waals surface area (Å²) in [7, 11) is 0. The molecule has 2 aromatic heterocycles. The van der Waals surface area contributed by atoms with Gasteiger partial charge in [-0.15, -0.1) is 0 Å². The molecule has 0 bridgehead atoms. The van der Waals surface area contributed by atoms with Gasteiger partial charge in [0.05, 0.1) is 21.6 Å². The molecule has 0 spiro atoms. The number of para-hydroxylation sites is 2. The van der Waals surface area contributed by atoms with Crippen LogP contribution in [-0.4, -0.2) is 20.4 Å². The number of hydrogen-bond acceptors (Lipinski definition) is 4. The quantitative estimate of drug-likeness (QED) is 0.304. The third-order valence-electron chi connectivity index (χ3n) is 5.74. The van der Waals surface area contributed by atoms with E-state index in [1.807, 2.05) is 28.8 Å². The van der Waals surface area contributed by atoms with Gasteiger partial charge in [-0.05, 0) is 43.2 Å². The van der Waals surface area contributed by atoms with Gasteiger partial charge in [-0.25, -0.2) is 9.97 Å². The van der Waals surface area contributed by atoms with E-state index in [-0.39, 0.29) is 22.2 Å². The number of nitrogens with one attached hydrogen (secondary N) is 1. The fraction of sp³-hybridized carbons (Fsp3) is 0.280. The summed E-state index contributed by atoms with van der Waals surface area (Å²) in [6.45, 7) is 4.23. The Labute approximate surface area is 202 Å². The van der Waals surface area contributed by atoms with Gasteiger partial charge < -0.3 is 9.88 Å². The van der Waals surface area contributed by atoms with E-state index in [4.69, 9.17) is 33.2 Å². The molecular weight excluding hydrogens is 457 g/mol. The predicted octanol–water partition coefficient (Wildman–Crippen LogP) is 7.16. The number of rotatable bonds is 7. The maximum Gasteiger partial charge on any atom is 0.258 e. The summed E-state index contributed by atoms with van der Waals surface area (Å²) in [5, 5.41) is 13.7. The zero-order valence-electron chi connectivity index (χ0n) is 18.4. The van der Waals surface area contributed by atoms with Crippen LogP contribution in [0.3, 0.4) is 0 Å². The Hall–Kier alpha value is -3.14. The van der Waals surface area contributed by atoms with Crippen molar-refractivity contribution in [2.24, 2.45) is 0 Å². The van der Waals surface area contributed by atoms with E-state index in [1.54, 1.807) is 12.1 Å². The van der Waals surface area contributed by atoms with Crippen molar-refractivity contribution in [2.75, 3.05) is 5.32 Å². The molecule has 2 heterocycles. The van der Waals surface area contributed by atoms with Gasteiger partial charge in [0.2, 0.25) is 0 Å². The molecule has 4 aromatic rings. The van der Waals surface area contributed by atoms with Gasteiger partial charge in [0.25, 0.3) is 5.91 Å². The first-order valence-electron chi connectivity index (χ1n) is 11.0. The van der Waals surface area contributed by atoms with E-state index in [0.29, 0.717) is 27.5 Å². The average Bonchev–Trinajstić information content (AvgIpc) is 3.09. The summed E-state index contributed by atoms with van der Waals surface area (Å²) in [4.78, 5) is 22.8. The van der Waals surface area contributed by atoms with Crippen molar-refractivity contribution in [1.82, 2.24) is 14.5 Å². The molecule has 2 aromatic carbocycles. The van der Waals surface area contributed by atoms with Crippen LogP contribution in [-0.2, 0) is 0 Å². The first-order chi connectivity index (χ1) is 16.0. The number of hydrogen-bond donors (Lipinski definition) is 1. The maximum absolute atomic E-state index is 13.2. The molecule has 0 aliphatic rings. The minimum atomic E-state index is -0.424. The minimum Gasteiger partial charge on any atom is -0.307 e. The van der Waals surface area contributed by atoms with Crippen LogP contribution < -0.4 is 5.32 Å². The van der Waals surface area contributed by atoms with Crippen molar-refractivity contribution in [2.45, 2.75) is 45.6 Å². The normalized spacial score (nSPS) is 12.1. The minimum absolute atomic E-state index is 0.0426. The highest BCUT2D eigenvalue weighted by molar-refractivity contribution is 6.37. The molecule has 8 heteroatoms. The summed E-state index contributed by atoms with van der Waals surface area (Å²) < 4.78 is 1.96. The van der Waals surface area contributed by atoms with E-state index in [2.05, 4.69) is 25.2 Å². The first-order valence-corrected chi connectivity index (χ1v) is 11.7. The number of anilines is 1. The molecule has 1 amide bonds. The Balaban J connectivity index is 1.94. The monoisotopic (exact) mass is 479 g/mol. The fourth-order valence-electron chi connectivity index (χ4n) is 4.05. The van der Waals surface area contributed by atoms with Crippen molar-refractivity contribution in [3.63, 3.8) is 0 Å². The molecule has 4 rings (SSSR count). The van der Waals surface area contributed by atoms with Crippen LogP contribution in [0.5, 0.6) is 0 Å². The zero-order chi connectivity index (χ0) is 23.5. The van der Waals surface area contributed by atoms with Gasteiger partial charge in [0.1, 0.15) is 23.0 Å². The second kappa shape index (κ2) is 9.78. The standard InChI is InChI=1S/C25H23Cl2N5O/c1-3-5-8-16(4-2)32-23(31-25(33)17-12-11-15(26)13-19(17)27)18(14-28)22-24(32)30-21-10-7-6-9-20(21)29-22/h6-7,9-13,16H,3-5,8H2,1-2H3,(H,31,33). The Morgan fingerprint density at radius 1 is 1.15 bits per heavy atom. The van der Waals surface area contributed by atoms with Crippen LogP contribution >= 0.6 is 23.2 Å². The number of carbonyl (C=O) groups is 1. The molecular formula is C25H23Cl2N5O. The van der Waals surface area contributed by atoms with Gasteiger partial charge in [-0.2, -0.15) is 5.26 Å². The lowest BCUT2D eigenvalue weighted by molar-refractivity contribution is 0.102. The van der Waals surface area contributed by atoms with Gasteiger partial charge in [-0.1, -0.05) is 62.0 Å². The third kappa shape index (κ3) is 4.39. The number of halogens is 2. The highest BCUT2D eigenvalue weighted by atomic mass is 35.5. The Morgan fingerprint density at radius 3 is 2.52 bits per heavy atom. The molecule has 0 fully saturated rings. The number of unbranched alkanes of at least 4 members (excludes halogenated alkanes) is 1. The molecule has 0 saturated carbocycles. The summed E-state index contributed by atoms with van der Waals surface area (Å²) in [5.74, 6) is -0.0334. The molecule has 33 heavy (non-hydrogen) atoms. The SMILES string of the molecule is CCCCC(CC)n1c(NC(=O)c2ccc(Cl)cc2Cl)c(C#N)c2nc3ccccc3nc21. The number of benzene rings is 2. The van der Waals surface area contributed by atoms with Gasteiger partial charge >= 0.3 is 0 Å². The second-order valence-corrected chi connectivity index (χ2v) is 8.72. The van der Waals surface area contributed by atoms with Crippen LogP contribution in [0, 0.1) is 11.3 Å². The van der Waals surface area contributed by atoms with Crippen LogP contribution in [0.25, 0.3) is 22.2 Å². The third-order valence-corrected chi connectivity index (χ3v) is 6.29. The molecule has 168 valence electrons. The van der Waals surface area contributed by atoms with Crippen molar-refractivity contribution in [3.05, 3.63) is 63.6 Å². The largest absolute Gasteiger partial charge is 0.307 e. The van der Waals surface area contributed by atoms with Crippen LogP contribution in [0.2, 0.25) is 10.0 Å². The van der Waals surface area contributed by atoms with Crippen LogP contribution in [0.4, 0.5) is 5.82 Å². The predicted molar refractivity (Wildman–Crippen MR) is 133 cm³/mol. The average molecular weight is 480 g/mol. The van der Waals surface area contributed by atoms with Gasteiger partial charge in [0, 0.05) is 11.1 Å². The summed E-state index contributed by atoms with van der Waals surface area (Å²) in [6.07, 6.45) is 3.75. The number of nitriles is 1. The number of fused-ring (bicyclic) bond motifs is 2. The number of carbonyl (C=O) groups excluding carboxylic acids is 1. The highest BCUT2D eigenvalue weighted by Gasteiger charge is 2.26. The van der Waals surface area contributed by atoms with Gasteiger partial charge in [0.15, 0.2) is 5.65 Å². The fourth-order valence-corrected chi connectivity index (χ4v) is 4.55. The second-order valence-electron chi connectivity index (χ2n) is 7.87. The number of aromatic nitrogens is 3. The molecule has 0 saturated heterocycles. The lowest BCUT2D eigenvalue weighted by Crippen LogP contribution is -2.19. The van der Waals surface area contributed by atoms with Crippen molar-refractivity contribution in [3.8, 4) is 6.07 Å². The summed E-state index contributed by atoms with van der Waals surface area (Å²) in [6, 6.07) is 14.5. The topological polar surface area (TPSA) is 83.6 Å². The maximum atomic E-state index is 13.2. The Kier molecular flexibility index (Phi) is 6.83. The molecule has 0 radical (unpaired) electrons. The van der Waals surface area contributed by atoms with E-state index in [1.165, 1.54) is 6.07 Å². The van der Waals surface area contributed by atoms with Crippen molar-refractivity contribution >= 4 is 57.1 Å². The lowest BCUT2D eigenvalue weighted by Gasteiger charge is -2.21. The summed E-state index contributed by atoms with van der Waals surface area (Å²) >= 11 is 12.3. The molecule has 6 nitrogen and oxygen atoms in total. The molecule has 1 unspecified atom stereocenters. The lowest BCUT2D eigenvalue weighted by atomic mass is 10.1.